The van der Waals surface area contributed by atoms with E-state index >= 15 is 4.11 Å². The molecule has 4 heterocycles. The molecule has 42 heavy (non-hydrogen) atoms. The van der Waals surface area contributed by atoms with Crippen LogP contribution in [0, 0.1) is 5.92 Å². The average Bonchev–Trinajstić information content (AvgIpc) is 3.60. The van der Waals surface area contributed by atoms with E-state index in [1.807, 2.05) is 75.1 Å². The van der Waals surface area contributed by atoms with Crippen molar-refractivity contribution in [2.24, 2.45) is 5.92 Å². The normalized spacial score (nSPS) is 26.9. The number of allylic oxidation sites excluding steroid dienone is 1. The lowest BCUT2D eigenvalue weighted by Gasteiger charge is -2.39. The van der Waals surface area contributed by atoms with E-state index in [4.69, 9.17) is 9.47 Å². The highest BCUT2D eigenvalue weighted by molar-refractivity contribution is 6.72. The van der Waals surface area contributed by atoms with Gasteiger partial charge in [0, 0.05) is 29.1 Å². The standard InChI is InChI=1S/C32H39FN4O4Si/c1-19-17-31(3,4)37-27-23(19)15-22(40-5)16-24(27)32(30(37)39)20(2)29(42(6,7)33)26(41-32)13-14-36-18-25(34-35-36)28(38)21-11-9-8-10-12-21/h8-12,15-18,20,26,28-29,38H,13-14H2,1-7H3/t20-,26+,28+,29-,32+/m0/s1. The molecule has 1 saturated heterocycles. The van der Waals surface area contributed by atoms with Crippen molar-refractivity contribution < 1.29 is 23.5 Å². The van der Waals surface area contributed by atoms with Crippen molar-refractivity contribution >= 4 is 25.6 Å². The number of methoxy groups -OCH3 is 1. The number of ether oxygens (including phenoxy) is 2. The largest absolute Gasteiger partial charge is 0.497 e. The van der Waals surface area contributed by atoms with Crippen molar-refractivity contribution in [1.82, 2.24) is 15.0 Å². The molecular weight excluding hydrogens is 551 g/mol. The van der Waals surface area contributed by atoms with Crippen LogP contribution in [0.1, 0.15) is 62.6 Å². The molecule has 10 heteroatoms. The maximum absolute atomic E-state index is 16.2. The molecule has 3 aromatic rings. The molecule has 8 nitrogen and oxygen atoms in total. The van der Waals surface area contributed by atoms with E-state index in [1.165, 1.54) is 0 Å². The van der Waals surface area contributed by atoms with E-state index in [0.29, 0.717) is 24.4 Å². The van der Waals surface area contributed by atoms with Gasteiger partial charge in [0.15, 0.2) is 5.60 Å². The summed E-state index contributed by atoms with van der Waals surface area (Å²) < 4.78 is 30.5. The number of halogens is 1. The number of nitrogens with zero attached hydrogens (tertiary/aromatic N) is 4. The van der Waals surface area contributed by atoms with Crippen molar-refractivity contribution in [2.45, 2.75) is 82.6 Å². The Morgan fingerprint density at radius 1 is 1.21 bits per heavy atom. The predicted octanol–water partition coefficient (Wildman–Crippen LogP) is 5.78. The number of anilines is 1. The molecule has 5 atom stereocenters. The number of aromatic nitrogens is 3. The van der Waals surface area contributed by atoms with Gasteiger partial charge >= 0.3 is 0 Å². The molecule has 1 spiro atoms. The Bertz CT molecular complexity index is 1570. The van der Waals surface area contributed by atoms with Gasteiger partial charge < -0.3 is 18.7 Å². The van der Waals surface area contributed by atoms with E-state index in [2.05, 4.69) is 16.4 Å². The number of hydrogen-bond acceptors (Lipinski definition) is 6. The first-order chi connectivity index (χ1) is 19.8. The van der Waals surface area contributed by atoms with Crippen LogP contribution in [0.15, 0.2) is 54.7 Å². The average molecular weight is 591 g/mol. The zero-order valence-electron chi connectivity index (χ0n) is 25.3. The minimum absolute atomic E-state index is 0.145. The van der Waals surface area contributed by atoms with E-state index in [-0.39, 0.29) is 5.91 Å². The minimum atomic E-state index is -3.32. The molecular formula is C32H39FN4O4Si. The second kappa shape index (κ2) is 9.85. The van der Waals surface area contributed by atoms with E-state index < -0.39 is 43.2 Å². The van der Waals surface area contributed by atoms with Crippen LogP contribution in [-0.2, 0) is 21.7 Å². The van der Waals surface area contributed by atoms with Crippen molar-refractivity contribution in [2.75, 3.05) is 12.0 Å². The number of amides is 1. The second-order valence-corrected chi connectivity index (χ2v) is 16.8. The Balaban J connectivity index is 1.35. The molecule has 3 aliphatic rings. The van der Waals surface area contributed by atoms with Gasteiger partial charge in [-0.2, -0.15) is 0 Å². The van der Waals surface area contributed by atoms with Crippen molar-refractivity contribution in [1.29, 1.82) is 0 Å². The van der Waals surface area contributed by atoms with Crippen LogP contribution >= 0.6 is 0 Å². The summed E-state index contributed by atoms with van der Waals surface area (Å²) in [5.74, 6) is 0.101. The Kier molecular flexibility index (Phi) is 6.75. The summed E-state index contributed by atoms with van der Waals surface area (Å²) in [6.45, 7) is 11.9. The van der Waals surface area contributed by atoms with Gasteiger partial charge in [0.2, 0.25) is 8.41 Å². The van der Waals surface area contributed by atoms with Crippen LogP contribution in [-0.4, -0.2) is 53.2 Å². The summed E-state index contributed by atoms with van der Waals surface area (Å²) in [6, 6.07) is 13.2. The maximum Gasteiger partial charge on any atom is 0.265 e. The Hall–Kier alpha value is -3.34. The van der Waals surface area contributed by atoms with Crippen LogP contribution < -0.4 is 9.64 Å². The Labute approximate surface area is 247 Å². The first-order valence-corrected chi connectivity index (χ1v) is 17.5. The molecule has 0 unspecified atom stereocenters. The summed E-state index contributed by atoms with van der Waals surface area (Å²) in [6.07, 6.45) is 2.86. The molecule has 222 valence electrons. The summed E-state index contributed by atoms with van der Waals surface area (Å²) in [5.41, 5.74) is 2.44. The van der Waals surface area contributed by atoms with Crippen molar-refractivity contribution in [3.63, 3.8) is 0 Å². The first-order valence-electron chi connectivity index (χ1n) is 14.6. The molecule has 1 amide bonds. The fraction of sp³-hybridized carbons (Fsp3) is 0.469. The zero-order chi connectivity index (χ0) is 30.2. The van der Waals surface area contributed by atoms with E-state index in [9.17, 15) is 9.90 Å². The van der Waals surface area contributed by atoms with Gasteiger partial charge in [-0.25, -0.2) is 0 Å². The molecule has 1 N–H and O–H groups in total. The second-order valence-electron chi connectivity index (χ2n) is 13.0. The van der Waals surface area contributed by atoms with Crippen LogP contribution in [0.25, 0.3) is 5.57 Å². The van der Waals surface area contributed by atoms with Gasteiger partial charge in [0.25, 0.3) is 5.91 Å². The molecule has 1 aromatic heterocycles. The molecule has 3 aliphatic heterocycles. The fourth-order valence-corrected chi connectivity index (χ4v) is 10.1. The Morgan fingerprint density at radius 2 is 1.93 bits per heavy atom. The van der Waals surface area contributed by atoms with Gasteiger partial charge in [0.1, 0.15) is 17.5 Å². The van der Waals surface area contributed by atoms with Gasteiger partial charge in [-0.1, -0.05) is 48.5 Å². The van der Waals surface area contributed by atoms with Crippen molar-refractivity contribution in [3.8, 4) is 5.75 Å². The van der Waals surface area contributed by atoms with E-state index in [1.54, 1.807) is 31.1 Å². The Morgan fingerprint density at radius 3 is 2.60 bits per heavy atom. The quantitative estimate of drug-likeness (QED) is 0.277. The number of hydrogen-bond donors (Lipinski definition) is 1. The third kappa shape index (κ3) is 4.26. The lowest BCUT2D eigenvalue weighted by Crippen LogP contribution is -2.52. The highest BCUT2D eigenvalue weighted by Gasteiger charge is 2.68. The lowest BCUT2D eigenvalue weighted by atomic mass is 9.81. The SMILES string of the molecule is COc1cc2c3c(c1)[C@@]1(O[C@H](CCn4cc([C@H](O)c5ccccc5)nn4)[C@@H]([Si](C)(C)F)[C@@H]1C)C(=O)N3C(C)(C)C=C2C. The molecule has 0 radical (unpaired) electrons. The third-order valence-corrected chi connectivity index (χ3v) is 11.8. The predicted molar refractivity (Wildman–Crippen MR) is 161 cm³/mol. The topological polar surface area (TPSA) is 89.7 Å². The maximum atomic E-state index is 16.2. The van der Waals surface area contributed by atoms with E-state index in [0.717, 1.165) is 28.0 Å². The number of benzene rings is 2. The van der Waals surface area contributed by atoms with Crippen LogP contribution in [0.3, 0.4) is 0 Å². The first kappa shape index (κ1) is 28.8. The summed E-state index contributed by atoms with van der Waals surface area (Å²) in [7, 11) is -1.70. The summed E-state index contributed by atoms with van der Waals surface area (Å²) >= 11 is 0. The molecule has 0 bridgehead atoms. The summed E-state index contributed by atoms with van der Waals surface area (Å²) in [4.78, 5) is 16.5. The van der Waals surface area contributed by atoms with Crippen LogP contribution in [0.2, 0.25) is 18.6 Å². The number of fused-ring (bicyclic) bond motifs is 1. The molecule has 6 rings (SSSR count). The van der Waals surface area contributed by atoms with Crippen LogP contribution in [0.5, 0.6) is 5.75 Å². The molecule has 0 saturated carbocycles. The number of rotatable bonds is 7. The molecule has 1 fully saturated rings. The van der Waals surface area contributed by atoms with Gasteiger partial charge in [-0.05, 0) is 63.6 Å². The van der Waals surface area contributed by atoms with Gasteiger partial charge in [-0.15, -0.1) is 5.10 Å². The monoisotopic (exact) mass is 590 g/mol. The fourth-order valence-electron chi connectivity index (χ4n) is 7.59. The van der Waals surface area contributed by atoms with Crippen LogP contribution in [0.4, 0.5) is 9.80 Å². The lowest BCUT2D eigenvalue weighted by molar-refractivity contribution is -0.146. The highest BCUT2D eigenvalue weighted by Crippen LogP contribution is 2.63. The number of carbonyl (C=O) groups excluding carboxylic acids is 1. The summed E-state index contributed by atoms with van der Waals surface area (Å²) in [5, 5.41) is 19.2. The minimum Gasteiger partial charge on any atom is -0.497 e. The van der Waals surface area contributed by atoms with Gasteiger partial charge in [0.05, 0.1) is 30.6 Å². The highest BCUT2D eigenvalue weighted by atomic mass is 28.4. The third-order valence-electron chi connectivity index (χ3n) is 9.34. The van der Waals surface area contributed by atoms with Gasteiger partial charge in [-0.3, -0.25) is 14.4 Å². The number of aryl methyl sites for hydroxylation is 1. The van der Waals surface area contributed by atoms with Crippen molar-refractivity contribution in [3.05, 3.63) is 77.1 Å². The smallest absolute Gasteiger partial charge is 0.265 e. The zero-order valence-corrected chi connectivity index (χ0v) is 26.3. The number of aliphatic hydroxyl groups excluding tert-OH is 1. The number of carbonyl (C=O) groups is 1. The molecule has 0 aliphatic carbocycles. The number of aliphatic hydroxyl groups is 1. The molecule has 2 aromatic carbocycles.